The number of aromatic nitrogens is 3. The highest BCUT2D eigenvalue weighted by molar-refractivity contribution is 5.37. The Bertz CT molecular complexity index is 559. The van der Waals surface area contributed by atoms with Gasteiger partial charge in [0.1, 0.15) is 11.6 Å². The number of aryl methyl sites for hydroxylation is 1. The van der Waals surface area contributed by atoms with Crippen LogP contribution in [0.1, 0.15) is 12.2 Å². The second-order valence-electron chi connectivity index (χ2n) is 3.64. The molecule has 90 valence electrons. The topological polar surface area (TPSA) is 91.1 Å². The van der Waals surface area contributed by atoms with Crippen molar-refractivity contribution in [2.75, 3.05) is 6.61 Å². The number of phenols is 1. The molecule has 1 aromatic heterocycles. The summed E-state index contributed by atoms with van der Waals surface area (Å²) in [4.78, 5) is 14.2. The van der Waals surface area contributed by atoms with Crippen molar-refractivity contribution in [3.05, 3.63) is 40.6 Å². The van der Waals surface area contributed by atoms with Gasteiger partial charge in [-0.1, -0.05) is 6.07 Å². The quantitative estimate of drug-likeness (QED) is 0.705. The van der Waals surface area contributed by atoms with E-state index in [0.29, 0.717) is 24.4 Å². The molecule has 2 aromatic rings. The number of phenolic OH excluding ortho intramolecular Hbond substituents is 1. The number of aromatic hydroxyl groups is 1. The normalized spacial score (nSPS) is 10.6. The number of hydrogen-bond donors (Lipinski definition) is 3. The minimum atomic E-state index is -0.358. The molecule has 0 saturated heterocycles. The van der Waals surface area contributed by atoms with Gasteiger partial charge in [0.15, 0.2) is 0 Å². The number of H-pyrrole nitrogens is 1. The number of rotatable bonds is 4. The Labute approximate surface area is 97.2 Å². The molecule has 0 saturated carbocycles. The van der Waals surface area contributed by atoms with Gasteiger partial charge in [0.05, 0.1) is 5.69 Å². The fourth-order valence-corrected chi connectivity index (χ4v) is 1.53. The minimum Gasteiger partial charge on any atom is -0.508 e. The highest BCUT2D eigenvalue weighted by atomic mass is 16.3. The molecule has 3 N–H and O–H groups in total. The summed E-state index contributed by atoms with van der Waals surface area (Å²) in [6.45, 7) is 0.0566. The molecule has 0 bridgehead atoms. The Hall–Kier alpha value is -2.08. The van der Waals surface area contributed by atoms with E-state index in [1.54, 1.807) is 12.1 Å². The molecule has 6 heteroatoms. The van der Waals surface area contributed by atoms with Crippen molar-refractivity contribution in [3.63, 3.8) is 0 Å². The average molecular weight is 235 g/mol. The standard InChI is InChI=1S/C11H13N3O3/c15-6-2-5-10-12-11(17)14(13-10)8-3-1-4-9(16)7-8/h1,3-4,7,15-16H,2,5-6H2,(H,12,13,17). The van der Waals surface area contributed by atoms with Crippen LogP contribution in [0.2, 0.25) is 0 Å². The third-order valence-corrected chi connectivity index (χ3v) is 2.31. The van der Waals surface area contributed by atoms with Crippen molar-refractivity contribution in [2.45, 2.75) is 12.8 Å². The minimum absolute atomic E-state index is 0.0566. The van der Waals surface area contributed by atoms with Crippen LogP contribution in [0.15, 0.2) is 29.1 Å². The van der Waals surface area contributed by atoms with E-state index >= 15 is 0 Å². The van der Waals surface area contributed by atoms with Crippen LogP contribution in [0.3, 0.4) is 0 Å². The molecule has 0 amide bonds. The molecule has 0 aliphatic carbocycles. The lowest BCUT2D eigenvalue weighted by molar-refractivity contribution is 0.287. The van der Waals surface area contributed by atoms with Crippen LogP contribution in [0.25, 0.3) is 5.69 Å². The van der Waals surface area contributed by atoms with Crippen molar-refractivity contribution in [1.29, 1.82) is 0 Å². The Morgan fingerprint density at radius 2 is 2.24 bits per heavy atom. The maximum absolute atomic E-state index is 11.6. The van der Waals surface area contributed by atoms with Crippen LogP contribution in [0.4, 0.5) is 0 Å². The van der Waals surface area contributed by atoms with Crippen molar-refractivity contribution in [2.24, 2.45) is 0 Å². The summed E-state index contributed by atoms with van der Waals surface area (Å²) in [7, 11) is 0. The van der Waals surface area contributed by atoms with Crippen LogP contribution in [0, 0.1) is 0 Å². The molecule has 1 heterocycles. The zero-order chi connectivity index (χ0) is 12.3. The van der Waals surface area contributed by atoms with Gasteiger partial charge in [0, 0.05) is 19.1 Å². The predicted octanol–water partition coefficient (Wildman–Crippen LogP) is 0.191. The lowest BCUT2D eigenvalue weighted by Gasteiger charge is -1.99. The molecular formula is C11H13N3O3. The maximum atomic E-state index is 11.6. The van der Waals surface area contributed by atoms with E-state index in [1.165, 1.54) is 16.8 Å². The summed E-state index contributed by atoms with van der Waals surface area (Å²) in [5.74, 6) is 0.599. The first-order valence-corrected chi connectivity index (χ1v) is 5.29. The maximum Gasteiger partial charge on any atom is 0.348 e. The number of hydrogen-bond acceptors (Lipinski definition) is 4. The lowest BCUT2D eigenvalue weighted by atomic mass is 10.3. The van der Waals surface area contributed by atoms with Crippen molar-refractivity contribution in [3.8, 4) is 11.4 Å². The number of aliphatic hydroxyl groups excluding tert-OH is 1. The van der Waals surface area contributed by atoms with Gasteiger partial charge in [-0.2, -0.15) is 9.78 Å². The smallest absolute Gasteiger partial charge is 0.348 e. The Morgan fingerprint density at radius 3 is 2.94 bits per heavy atom. The summed E-state index contributed by atoms with van der Waals surface area (Å²) in [5, 5.41) is 22.1. The predicted molar refractivity (Wildman–Crippen MR) is 61.3 cm³/mol. The first-order valence-electron chi connectivity index (χ1n) is 5.29. The first kappa shape index (κ1) is 11.4. The summed E-state index contributed by atoms with van der Waals surface area (Å²) >= 11 is 0. The molecule has 0 radical (unpaired) electrons. The third-order valence-electron chi connectivity index (χ3n) is 2.31. The number of nitrogens with zero attached hydrogens (tertiary/aromatic N) is 2. The van der Waals surface area contributed by atoms with E-state index < -0.39 is 0 Å². The van der Waals surface area contributed by atoms with Crippen LogP contribution in [0.5, 0.6) is 5.75 Å². The fraction of sp³-hybridized carbons (Fsp3) is 0.273. The molecule has 0 fully saturated rings. The van der Waals surface area contributed by atoms with E-state index in [1.807, 2.05) is 0 Å². The van der Waals surface area contributed by atoms with Gasteiger partial charge in [-0.3, -0.25) is 4.98 Å². The molecule has 17 heavy (non-hydrogen) atoms. The van der Waals surface area contributed by atoms with Gasteiger partial charge < -0.3 is 10.2 Å². The Morgan fingerprint density at radius 1 is 1.41 bits per heavy atom. The van der Waals surface area contributed by atoms with Gasteiger partial charge in [-0.15, -0.1) is 0 Å². The van der Waals surface area contributed by atoms with Gasteiger partial charge in [0.2, 0.25) is 0 Å². The Balaban J connectivity index is 2.33. The highest BCUT2D eigenvalue weighted by Gasteiger charge is 2.07. The van der Waals surface area contributed by atoms with Gasteiger partial charge >= 0.3 is 5.69 Å². The third kappa shape index (κ3) is 2.54. The second-order valence-corrected chi connectivity index (χ2v) is 3.64. The van der Waals surface area contributed by atoms with Crippen molar-refractivity contribution < 1.29 is 10.2 Å². The van der Waals surface area contributed by atoms with Crippen LogP contribution in [-0.4, -0.2) is 31.6 Å². The summed E-state index contributed by atoms with van der Waals surface area (Å²) in [5.41, 5.74) is 0.144. The van der Waals surface area contributed by atoms with Crippen LogP contribution < -0.4 is 5.69 Å². The summed E-state index contributed by atoms with van der Waals surface area (Å²) < 4.78 is 1.19. The molecule has 0 atom stereocenters. The average Bonchev–Trinajstić information content (AvgIpc) is 2.68. The number of aromatic amines is 1. The van der Waals surface area contributed by atoms with Gasteiger partial charge in [-0.25, -0.2) is 4.79 Å². The van der Waals surface area contributed by atoms with E-state index in [0.717, 1.165) is 0 Å². The molecule has 0 spiro atoms. The second kappa shape index (κ2) is 4.84. The molecule has 1 aromatic carbocycles. The number of aliphatic hydroxyl groups is 1. The SMILES string of the molecule is O=c1[nH]c(CCCO)nn1-c1cccc(O)c1. The lowest BCUT2D eigenvalue weighted by Crippen LogP contribution is -2.15. The molecule has 0 unspecified atom stereocenters. The fourth-order valence-electron chi connectivity index (χ4n) is 1.53. The van der Waals surface area contributed by atoms with E-state index in [-0.39, 0.29) is 18.0 Å². The summed E-state index contributed by atoms with van der Waals surface area (Å²) in [6.07, 6.45) is 1.06. The monoisotopic (exact) mass is 235 g/mol. The van der Waals surface area contributed by atoms with Gasteiger partial charge in [-0.05, 0) is 18.6 Å². The molecule has 2 rings (SSSR count). The van der Waals surface area contributed by atoms with Crippen molar-refractivity contribution >= 4 is 0 Å². The van der Waals surface area contributed by atoms with Crippen LogP contribution in [-0.2, 0) is 6.42 Å². The molecular weight excluding hydrogens is 222 g/mol. The zero-order valence-corrected chi connectivity index (χ0v) is 9.13. The summed E-state index contributed by atoms with van der Waals surface area (Å²) in [6, 6.07) is 6.29. The van der Waals surface area contributed by atoms with E-state index in [2.05, 4.69) is 10.1 Å². The molecule has 6 nitrogen and oxygen atoms in total. The molecule has 0 aliphatic rings. The Kier molecular flexibility index (Phi) is 3.24. The van der Waals surface area contributed by atoms with E-state index in [4.69, 9.17) is 5.11 Å². The number of nitrogens with one attached hydrogen (secondary N) is 1. The van der Waals surface area contributed by atoms with Gasteiger partial charge in [0.25, 0.3) is 0 Å². The highest BCUT2D eigenvalue weighted by Crippen LogP contribution is 2.12. The van der Waals surface area contributed by atoms with E-state index in [9.17, 15) is 9.90 Å². The van der Waals surface area contributed by atoms with Crippen molar-refractivity contribution in [1.82, 2.24) is 14.8 Å². The number of benzene rings is 1. The molecule has 0 aliphatic heterocycles. The zero-order valence-electron chi connectivity index (χ0n) is 9.13. The first-order chi connectivity index (χ1) is 8.20. The van der Waals surface area contributed by atoms with Crippen LogP contribution >= 0.6 is 0 Å². The largest absolute Gasteiger partial charge is 0.508 e.